The predicted molar refractivity (Wildman–Crippen MR) is 56.6 cm³/mol. The second-order valence-electron chi connectivity index (χ2n) is 5.54. The lowest BCUT2D eigenvalue weighted by Gasteiger charge is -2.10. The zero-order chi connectivity index (χ0) is 11.1. The SMILES string of the molecule is CC1(C)C(OCC2CCCC2)C1C(=O)O. The third-order valence-corrected chi connectivity index (χ3v) is 3.98. The van der Waals surface area contributed by atoms with E-state index in [9.17, 15) is 4.79 Å². The van der Waals surface area contributed by atoms with E-state index >= 15 is 0 Å². The Labute approximate surface area is 90.8 Å². The summed E-state index contributed by atoms with van der Waals surface area (Å²) in [5, 5.41) is 8.97. The lowest BCUT2D eigenvalue weighted by Crippen LogP contribution is -2.11. The van der Waals surface area contributed by atoms with E-state index < -0.39 is 5.97 Å². The molecule has 0 aliphatic heterocycles. The van der Waals surface area contributed by atoms with E-state index in [4.69, 9.17) is 9.84 Å². The van der Waals surface area contributed by atoms with E-state index in [2.05, 4.69) is 0 Å². The maximum absolute atomic E-state index is 10.9. The average Bonchev–Trinajstić information content (AvgIpc) is 2.55. The fraction of sp³-hybridized carbons (Fsp3) is 0.917. The molecule has 0 aromatic rings. The van der Waals surface area contributed by atoms with E-state index in [0.717, 1.165) is 6.61 Å². The van der Waals surface area contributed by atoms with Gasteiger partial charge >= 0.3 is 5.97 Å². The molecular weight excluding hydrogens is 192 g/mol. The van der Waals surface area contributed by atoms with Gasteiger partial charge in [0.1, 0.15) is 0 Å². The molecule has 15 heavy (non-hydrogen) atoms. The third-order valence-electron chi connectivity index (χ3n) is 3.98. The van der Waals surface area contributed by atoms with Gasteiger partial charge in [-0.1, -0.05) is 26.7 Å². The van der Waals surface area contributed by atoms with E-state index in [1.54, 1.807) is 0 Å². The van der Waals surface area contributed by atoms with Crippen LogP contribution in [-0.2, 0) is 9.53 Å². The predicted octanol–water partition coefficient (Wildman–Crippen LogP) is 2.30. The number of carboxylic acid groups (broad SMARTS) is 1. The zero-order valence-corrected chi connectivity index (χ0v) is 9.53. The summed E-state index contributed by atoms with van der Waals surface area (Å²) < 4.78 is 5.75. The number of carboxylic acids is 1. The molecule has 2 aliphatic carbocycles. The number of rotatable bonds is 4. The second-order valence-corrected chi connectivity index (χ2v) is 5.54. The minimum absolute atomic E-state index is 0.0596. The molecule has 2 atom stereocenters. The third kappa shape index (κ3) is 2.03. The molecule has 2 rings (SSSR count). The molecule has 3 heteroatoms. The maximum atomic E-state index is 10.9. The van der Waals surface area contributed by atoms with Crippen molar-refractivity contribution in [2.45, 2.75) is 45.6 Å². The normalized spacial score (nSPS) is 34.3. The molecule has 0 bridgehead atoms. The van der Waals surface area contributed by atoms with Crippen molar-refractivity contribution in [2.75, 3.05) is 6.61 Å². The van der Waals surface area contributed by atoms with Crippen LogP contribution in [0.5, 0.6) is 0 Å². The van der Waals surface area contributed by atoms with Crippen LogP contribution >= 0.6 is 0 Å². The summed E-state index contributed by atoms with van der Waals surface area (Å²) >= 11 is 0. The van der Waals surface area contributed by atoms with Gasteiger partial charge < -0.3 is 9.84 Å². The Balaban J connectivity index is 1.78. The molecule has 1 N–H and O–H groups in total. The highest BCUT2D eigenvalue weighted by Gasteiger charge is 2.63. The van der Waals surface area contributed by atoms with Crippen LogP contribution in [0.2, 0.25) is 0 Å². The van der Waals surface area contributed by atoms with Crippen molar-refractivity contribution >= 4 is 5.97 Å². The molecular formula is C12H20O3. The van der Waals surface area contributed by atoms with E-state index in [1.165, 1.54) is 25.7 Å². The van der Waals surface area contributed by atoms with Crippen molar-refractivity contribution in [3.05, 3.63) is 0 Å². The summed E-state index contributed by atoms with van der Waals surface area (Å²) in [7, 11) is 0. The topological polar surface area (TPSA) is 46.5 Å². The Kier molecular flexibility index (Phi) is 2.75. The molecule has 0 aromatic heterocycles. The fourth-order valence-corrected chi connectivity index (χ4v) is 2.77. The summed E-state index contributed by atoms with van der Waals surface area (Å²) in [5.74, 6) is -0.328. The van der Waals surface area contributed by atoms with Gasteiger partial charge in [-0.05, 0) is 18.8 Å². The first kappa shape index (κ1) is 10.9. The highest BCUT2D eigenvalue weighted by atomic mass is 16.5. The Morgan fingerprint density at radius 3 is 2.47 bits per heavy atom. The van der Waals surface area contributed by atoms with E-state index in [1.807, 2.05) is 13.8 Å². The zero-order valence-electron chi connectivity index (χ0n) is 9.53. The molecule has 0 heterocycles. The van der Waals surface area contributed by atoms with Crippen LogP contribution < -0.4 is 0 Å². The van der Waals surface area contributed by atoms with E-state index in [0.29, 0.717) is 5.92 Å². The lowest BCUT2D eigenvalue weighted by molar-refractivity contribution is -0.140. The largest absolute Gasteiger partial charge is 0.481 e. The quantitative estimate of drug-likeness (QED) is 0.777. The van der Waals surface area contributed by atoms with Gasteiger partial charge in [-0.2, -0.15) is 0 Å². The van der Waals surface area contributed by atoms with Gasteiger partial charge in [-0.25, -0.2) is 0 Å². The average molecular weight is 212 g/mol. The van der Waals surface area contributed by atoms with Gasteiger partial charge in [-0.15, -0.1) is 0 Å². The van der Waals surface area contributed by atoms with Gasteiger partial charge in [-0.3, -0.25) is 4.79 Å². The summed E-state index contributed by atoms with van der Waals surface area (Å²) in [6.07, 6.45) is 5.07. The fourth-order valence-electron chi connectivity index (χ4n) is 2.77. The van der Waals surface area contributed by atoms with Crippen molar-refractivity contribution in [1.82, 2.24) is 0 Å². The monoisotopic (exact) mass is 212 g/mol. The summed E-state index contributed by atoms with van der Waals surface area (Å²) in [6, 6.07) is 0. The first-order valence-electron chi connectivity index (χ1n) is 5.88. The molecule has 0 aromatic carbocycles. The molecule has 2 saturated carbocycles. The number of hydrogen-bond donors (Lipinski definition) is 1. The lowest BCUT2D eigenvalue weighted by atomic mass is 10.1. The van der Waals surface area contributed by atoms with Gasteiger partial charge in [0.25, 0.3) is 0 Å². The van der Waals surface area contributed by atoms with Crippen molar-refractivity contribution in [1.29, 1.82) is 0 Å². The van der Waals surface area contributed by atoms with Crippen LogP contribution in [0.15, 0.2) is 0 Å². The van der Waals surface area contributed by atoms with Gasteiger partial charge in [0.15, 0.2) is 0 Å². The molecule has 0 saturated heterocycles. The first-order chi connectivity index (χ1) is 7.03. The first-order valence-corrected chi connectivity index (χ1v) is 5.88. The summed E-state index contributed by atoms with van der Waals surface area (Å²) in [5.41, 5.74) is -0.162. The van der Waals surface area contributed by atoms with Crippen LogP contribution in [0, 0.1) is 17.3 Å². The molecule has 2 aliphatic rings. The van der Waals surface area contributed by atoms with Crippen molar-refractivity contribution in [3.8, 4) is 0 Å². The van der Waals surface area contributed by atoms with E-state index in [-0.39, 0.29) is 17.4 Å². The molecule has 2 fully saturated rings. The van der Waals surface area contributed by atoms with Gasteiger partial charge in [0.2, 0.25) is 0 Å². The van der Waals surface area contributed by atoms with Crippen LogP contribution in [-0.4, -0.2) is 23.8 Å². The molecule has 3 nitrogen and oxygen atoms in total. The summed E-state index contributed by atoms with van der Waals surface area (Å²) in [6.45, 7) is 4.72. The number of hydrogen-bond acceptors (Lipinski definition) is 2. The van der Waals surface area contributed by atoms with Crippen molar-refractivity contribution in [3.63, 3.8) is 0 Å². The Morgan fingerprint density at radius 1 is 1.40 bits per heavy atom. The highest BCUT2D eigenvalue weighted by molar-refractivity contribution is 5.76. The van der Waals surface area contributed by atoms with Crippen molar-refractivity contribution in [2.24, 2.45) is 17.3 Å². The highest BCUT2D eigenvalue weighted by Crippen LogP contribution is 2.54. The van der Waals surface area contributed by atoms with Crippen molar-refractivity contribution < 1.29 is 14.6 Å². The van der Waals surface area contributed by atoms with Crippen LogP contribution in [0.4, 0.5) is 0 Å². The Hall–Kier alpha value is -0.570. The summed E-state index contributed by atoms with van der Waals surface area (Å²) in [4.78, 5) is 10.9. The molecule has 0 radical (unpaired) electrons. The number of aliphatic carboxylic acids is 1. The Morgan fingerprint density at radius 2 is 2.00 bits per heavy atom. The molecule has 86 valence electrons. The molecule has 2 unspecified atom stereocenters. The van der Waals surface area contributed by atoms with Crippen LogP contribution in [0.1, 0.15) is 39.5 Å². The van der Waals surface area contributed by atoms with Crippen LogP contribution in [0.3, 0.4) is 0 Å². The minimum atomic E-state index is -0.712. The smallest absolute Gasteiger partial charge is 0.309 e. The Bertz CT molecular complexity index is 254. The number of carbonyl (C=O) groups is 1. The molecule has 0 amide bonds. The molecule has 0 spiro atoms. The standard InChI is InChI=1S/C12H20O3/c1-12(2)9(11(13)14)10(12)15-7-8-5-3-4-6-8/h8-10H,3-7H2,1-2H3,(H,13,14). The minimum Gasteiger partial charge on any atom is -0.481 e. The number of ether oxygens (including phenoxy) is 1. The van der Waals surface area contributed by atoms with Gasteiger partial charge in [0.05, 0.1) is 12.0 Å². The van der Waals surface area contributed by atoms with Crippen LogP contribution in [0.25, 0.3) is 0 Å². The second kappa shape index (κ2) is 3.78. The maximum Gasteiger partial charge on any atom is 0.309 e. The van der Waals surface area contributed by atoms with Gasteiger partial charge in [0, 0.05) is 12.0 Å².